The van der Waals surface area contributed by atoms with Crippen LogP contribution in [0.3, 0.4) is 0 Å². The Morgan fingerprint density at radius 1 is 0.317 bits per heavy atom. The van der Waals surface area contributed by atoms with Crippen molar-refractivity contribution in [3.8, 4) is 127 Å². The van der Waals surface area contributed by atoms with Gasteiger partial charge in [0.25, 0.3) is 0 Å². The topological polar surface area (TPSA) is 200 Å². The van der Waals surface area contributed by atoms with E-state index in [4.69, 9.17) is 0 Å². The van der Waals surface area contributed by atoms with Crippen LogP contribution in [0.25, 0.3) is 111 Å². The van der Waals surface area contributed by atoms with Gasteiger partial charge in [-0.15, -0.1) is 0 Å². The van der Waals surface area contributed by atoms with Gasteiger partial charge in [0.15, 0.2) is 0 Å². The van der Waals surface area contributed by atoms with Crippen molar-refractivity contribution >= 4 is 43.6 Å². The summed E-state index contributed by atoms with van der Waals surface area (Å²) in [6.07, 6.45) is 0.306. The van der Waals surface area contributed by atoms with Crippen molar-refractivity contribution < 1.29 is 0 Å². The fourth-order valence-electron chi connectivity index (χ4n) is 11.6. The Balaban J connectivity index is 1.23. The highest BCUT2D eigenvalue weighted by atomic mass is 15.0. The highest BCUT2D eigenvalue weighted by Gasteiger charge is 2.25. The number of fused-ring (bicyclic) bond motifs is 18. The van der Waals surface area contributed by atoms with Crippen molar-refractivity contribution in [2.75, 3.05) is 0 Å². The van der Waals surface area contributed by atoms with Gasteiger partial charge in [-0.3, -0.25) is 0 Å². The molecule has 0 aliphatic carbocycles. The first kappa shape index (κ1) is 48.9. The van der Waals surface area contributed by atoms with Crippen molar-refractivity contribution in [2.24, 2.45) is 0 Å². The Morgan fingerprint density at radius 3 is 1.06 bits per heavy atom. The summed E-state index contributed by atoms with van der Waals surface area (Å²) in [6.45, 7) is 1.93. The van der Waals surface area contributed by atoms with E-state index < -0.39 is 0 Å². The smallest absolute Gasteiger partial charge is 0.104 e. The highest BCUT2D eigenvalue weighted by molar-refractivity contribution is 6.13. The van der Waals surface area contributed by atoms with Crippen molar-refractivity contribution in [3.05, 3.63) is 237 Å². The van der Waals surface area contributed by atoms with Crippen LogP contribution in [0.1, 0.15) is 61.2 Å². The normalized spacial score (nSPS) is 11.1. The number of nitriles is 8. The van der Waals surface area contributed by atoms with Gasteiger partial charge in [0.1, 0.15) is 11.6 Å². The molecular formula is C72H34N10. The molecule has 0 N–H and O–H groups in total. The summed E-state index contributed by atoms with van der Waals surface area (Å²) in [6, 6.07) is 73.7. The number of aromatic nitrogens is 2. The number of hydrogen-bond acceptors (Lipinski definition) is 8. The summed E-state index contributed by atoms with van der Waals surface area (Å²) in [4.78, 5) is 0. The van der Waals surface area contributed by atoms with E-state index in [-0.39, 0.29) is 5.56 Å². The maximum Gasteiger partial charge on any atom is 0.104 e. The number of aryl methyl sites for hydroxylation is 1. The zero-order valence-electron chi connectivity index (χ0n) is 43.4. The van der Waals surface area contributed by atoms with E-state index >= 15 is 0 Å². The summed E-state index contributed by atoms with van der Waals surface area (Å²) in [5, 5.41) is 87.2. The number of benzene rings is 10. The Morgan fingerprint density at radius 2 is 0.659 bits per heavy atom. The molecule has 0 radical (unpaired) electrons. The average Bonchev–Trinajstić information content (AvgIpc) is 3.56. The zero-order valence-corrected chi connectivity index (χ0v) is 43.4. The second-order valence-electron chi connectivity index (χ2n) is 20.3. The summed E-state index contributed by atoms with van der Waals surface area (Å²) in [5.74, 6) is 6.64. The molecule has 10 bridgehead atoms. The lowest BCUT2D eigenvalue weighted by atomic mass is 9.96. The van der Waals surface area contributed by atoms with Gasteiger partial charge in [0.05, 0.1) is 115 Å². The lowest BCUT2D eigenvalue weighted by Gasteiger charge is -2.19. The molecule has 1 aliphatic heterocycles. The van der Waals surface area contributed by atoms with Gasteiger partial charge in [0.2, 0.25) is 0 Å². The quantitative estimate of drug-likeness (QED) is 0.156. The third-order valence-electron chi connectivity index (χ3n) is 15.2. The van der Waals surface area contributed by atoms with E-state index in [2.05, 4.69) is 81.7 Å². The molecule has 10 heteroatoms. The van der Waals surface area contributed by atoms with Gasteiger partial charge in [-0.25, -0.2) is 0 Å². The molecule has 10 nitrogen and oxygen atoms in total. The molecule has 1 aliphatic rings. The minimum atomic E-state index is 0.282. The predicted molar refractivity (Wildman–Crippen MR) is 315 cm³/mol. The van der Waals surface area contributed by atoms with Crippen LogP contribution < -0.4 is 0 Å². The largest absolute Gasteiger partial charge is 0.308 e. The Kier molecular flexibility index (Phi) is 11.6. The molecule has 0 fully saturated rings. The molecular weight excluding hydrogens is 1000 g/mol. The lowest BCUT2D eigenvalue weighted by molar-refractivity contribution is 1.12. The van der Waals surface area contributed by atoms with Gasteiger partial charge < -0.3 is 9.13 Å². The lowest BCUT2D eigenvalue weighted by Crippen LogP contribution is -2.06. The van der Waals surface area contributed by atoms with Crippen molar-refractivity contribution in [1.29, 1.82) is 42.1 Å². The van der Waals surface area contributed by atoms with E-state index in [1.165, 1.54) is 0 Å². The van der Waals surface area contributed by atoms with Gasteiger partial charge in [-0.2, -0.15) is 42.1 Å². The van der Waals surface area contributed by atoms with Gasteiger partial charge in [-0.1, -0.05) is 72.5 Å². The zero-order chi connectivity index (χ0) is 56.3. The summed E-state index contributed by atoms with van der Waals surface area (Å²) in [5.41, 5.74) is 16.3. The Hall–Kier alpha value is -12.7. The Bertz CT molecular complexity index is 5260. The fourth-order valence-corrected chi connectivity index (χ4v) is 11.6. The average molecular weight is 1040 g/mol. The Labute approximate surface area is 470 Å². The van der Waals surface area contributed by atoms with Crippen LogP contribution >= 0.6 is 0 Å². The van der Waals surface area contributed by atoms with Crippen LogP contribution in [-0.2, 0) is 6.42 Å². The third-order valence-corrected chi connectivity index (χ3v) is 15.2. The maximum absolute atomic E-state index is 12.1. The van der Waals surface area contributed by atoms with E-state index in [0.717, 1.165) is 82.6 Å². The molecule has 82 heavy (non-hydrogen) atoms. The molecule has 372 valence electrons. The molecule has 0 amide bonds. The molecule has 3 heterocycles. The fraction of sp³-hybridized carbons (Fsp3) is 0.0278. The number of hydrogen-bond donors (Lipinski definition) is 0. The van der Waals surface area contributed by atoms with Crippen LogP contribution in [0.5, 0.6) is 0 Å². The second-order valence-corrected chi connectivity index (χ2v) is 20.3. The molecule has 13 rings (SSSR count). The first-order valence-corrected chi connectivity index (χ1v) is 25.9. The number of nitrogens with zero attached hydrogens (tertiary/aromatic N) is 10. The monoisotopic (exact) mass is 1040 g/mol. The summed E-state index contributed by atoms with van der Waals surface area (Å²) in [7, 11) is 0. The summed E-state index contributed by atoms with van der Waals surface area (Å²) >= 11 is 0. The minimum absolute atomic E-state index is 0.282. The first-order valence-electron chi connectivity index (χ1n) is 25.9. The van der Waals surface area contributed by atoms with Crippen LogP contribution in [0, 0.1) is 109 Å². The molecule has 0 saturated carbocycles. The SMILES string of the molecule is Cc1cc(C#N)cc(-c2cc3c(C#N)c(c2)-n2c4cc(-c5cc(C#N)cc(C#N)c5)ccc4c4ccc(cc42)-c2cc(C#N)cc(c2)CC#Cc2cc(C#N)cc(c2)-c2ccc4c5ccc(-c6cc(C#N)cc(C#N)c6)cc5n-3c4c2)c1. The van der Waals surface area contributed by atoms with Crippen molar-refractivity contribution in [3.63, 3.8) is 0 Å². The van der Waals surface area contributed by atoms with Crippen molar-refractivity contribution in [1.82, 2.24) is 9.13 Å². The predicted octanol–water partition coefficient (Wildman–Crippen LogP) is 15.4. The summed E-state index contributed by atoms with van der Waals surface area (Å²) < 4.78 is 4.16. The maximum atomic E-state index is 12.1. The minimum Gasteiger partial charge on any atom is -0.308 e. The van der Waals surface area contributed by atoms with Gasteiger partial charge in [-0.05, 0) is 189 Å². The van der Waals surface area contributed by atoms with Crippen LogP contribution in [-0.4, -0.2) is 9.13 Å². The van der Waals surface area contributed by atoms with E-state index in [0.29, 0.717) is 90.0 Å². The van der Waals surface area contributed by atoms with E-state index in [1.54, 1.807) is 42.5 Å². The van der Waals surface area contributed by atoms with E-state index in [9.17, 15) is 42.1 Å². The third kappa shape index (κ3) is 8.25. The standard InChI is InChI=1S/C72H34N10/c1-42-13-45(34-73)21-56(14-42)61-32-71-66(41-80)72(33-61)82-68-29-53(6-10-63(68)65-12-8-55(31-70(65)82)60-26-50(39-78)18-51(27-60)40-79)58-20-44(16-47(23-58)36-75)4-2-3-43-15-46(35-74)22-57(19-43)52-5-9-62-64-11-7-54(30-69(64)81(71)67(62)28-52)59-24-48(37-76)17-49(25-59)38-77/h5-33H,3H2,1H3. The van der Waals surface area contributed by atoms with Crippen LogP contribution in [0.4, 0.5) is 0 Å². The molecule has 10 aromatic carbocycles. The molecule has 0 unspecified atom stereocenters. The highest BCUT2D eigenvalue weighted by Crippen LogP contribution is 2.44. The van der Waals surface area contributed by atoms with Crippen LogP contribution in [0.2, 0.25) is 0 Å². The van der Waals surface area contributed by atoms with Gasteiger partial charge >= 0.3 is 0 Å². The molecule has 12 aromatic rings. The second kappa shape index (κ2) is 19.4. The molecule has 2 aromatic heterocycles. The first-order chi connectivity index (χ1) is 40.1. The van der Waals surface area contributed by atoms with Gasteiger partial charge in [0, 0.05) is 33.5 Å². The molecule has 0 spiro atoms. The van der Waals surface area contributed by atoms with Crippen LogP contribution in [0.15, 0.2) is 176 Å². The van der Waals surface area contributed by atoms with E-state index in [1.807, 2.05) is 128 Å². The molecule has 0 atom stereocenters. The van der Waals surface area contributed by atoms with Crippen molar-refractivity contribution in [2.45, 2.75) is 13.3 Å². The number of rotatable bonds is 3. The molecule has 0 saturated heterocycles.